The quantitative estimate of drug-likeness (QED) is 0.690. The van der Waals surface area contributed by atoms with Gasteiger partial charge in [0.2, 0.25) is 6.54 Å². The van der Waals surface area contributed by atoms with Crippen molar-refractivity contribution in [1.82, 2.24) is 10.2 Å². The molecule has 2 aromatic carbocycles. The first-order chi connectivity index (χ1) is 10.7. The van der Waals surface area contributed by atoms with Gasteiger partial charge in [0.25, 0.3) is 0 Å². The first-order valence-corrected chi connectivity index (χ1v) is 7.29. The molecule has 1 atom stereocenters. The van der Waals surface area contributed by atoms with E-state index in [1.165, 1.54) is 6.07 Å². The minimum absolute atomic E-state index is 0.251. The second-order valence-electron chi connectivity index (χ2n) is 5.04. The van der Waals surface area contributed by atoms with Crippen molar-refractivity contribution in [2.45, 2.75) is 12.3 Å². The van der Waals surface area contributed by atoms with Gasteiger partial charge in [-0.05, 0) is 23.8 Å². The van der Waals surface area contributed by atoms with Crippen LogP contribution in [0.2, 0.25) is 5.02 Å². The maximum absolute atomic E-state index is 14.3. The average molecular weight is 314 g/mol. The molecule has 1 heterocycles. The van der Waals surface area contributed by atoms with Crippen LogP contribution in [0.5, 0.6) is 0 Å². The fourth-order valence-corrected chi connectivity index (χ4v) is 2.84. The Hall–Kier alpha value is -2.38. The summed E-state index contributed by atoms with van der Waals surface area (Å²) in [4.78, 5) is 3.41. The largest absolute Gasteiger partial charge is 0.317 e. The summed E-state index contributed by atoms with van der Waals surface area (Å²) in [7, 11) is 0. The predicted octanol–water partition coefficient (Wildman–Crippen LogP) is 4.80. The molecule has 1 unspecified atom stereocenters. The number of hydrogen-bond donors (Lipinski definition) is 1. The van der Waals surface area contributed by atoms with Crippen LogP contribution in [0.1, 0.15) is 23.6 Å². The molecule has 3 nitrogen and oxygen atoms in total. The standard InChI is InChI=1S/C17H13ClFN3/c1-20-9-8-13(12-7-6-11(18)10-15(12)19)17-14-4-2-3-5-16(14)21-22-17/h2-7,10,13H,8-9H2,(H,21,22). The molecule has 5 heteroatoms. The lowest BCUT2D eigenvalue weighted by atomic mass is 9.90. The van der Waals surface area contributed by atoms with Crippen molar-refractivity contribution in [2.75, 3.05) is 6.54 Å². The second kappa shape index (κ2) is 6.17. The van der Waals surface area contributed by atoms with Gasteiger partial charge >= 0.3 is 0 Å². The van der Waals surface area contributed by atoms with Gasteiger partial charge in [-0.2, -0.15) is 5.10 Å². The van der Waals surface area contributed by atoms with Gasteiger partial charge in [-0.15, -0.1) is 0 Å². The van der Waals surface area contributed by atoms with E-state index >= 15 is 0 Å². The maximum atomic E-state index is 14.3. The van der Waals surface area contributed by atoms with Gasteiger partial charge in [0.1, 0.15) is 5.82 Å². The highest BCUT2D eigenvalue weighted by molar-refractivity contribution is 6.30. The fraction of sp³-hybridized carbons (Fsp3) is 0.176. The molecular weight excluding hydrogens is 301 g/mol. The molecule has 0 fully saturated rings. The lowest BCUT2D eigenvalue weighted by molar-refractivity contribution is 0.587. The lowest BCUT2D eigenvalue weighted by Gasteiger charge is -2.15. The van der Waals surface area contributed by atoms with E-state index in [0.29, 0.717) is 23.6 Å². The molecule has 0 bridgehead atoms. The smallest absolute Gasteiger partial charge is 0.215 e. The molecule has 0 aliphatic carbocycles. The van der Waals surface area contributed by atoms with Crippen molar-refractivity contribution in [1.29, 1.82) is 0 Å². The summed E-state index contributed by atoms with van der Waals surface area (Å²) in [5, 5.41) is 8.59. The molecule has 0 radical (unpaired) electrons. The molecule has 0 saturated heterocycles. The number of aromatic amines is 1. The summed E-state index contributed by atoms with van der Waals surface area (Å²) >= 11 is 5.84. The zero-order valence-electron chi connectivity index (χ0n) is 11.7. The second-order valence-corrected chi connectivity index (χ2v) is 5.48. The minimum atomic E-state index is -0.360. The zero-order valence-corrected chi connectivity index (χ0v) is 12.4. The molecule has 3 rings (SSSR count). The van der Waals surface area contributed by atoms with Crippen LogP contribution in [0.15, 0.2) is 42.5 Å². The third-order valence-electron chi connectivity index (χ3n) is 3.71. The minimum Gasteiger partial charge on any atom is -0.317 e. The molecule has 110 valence electrons. The molecule has 0 aliphatic heterocycles. The molecule has 1 aromatic heterocycles. The predicted molar refractivity (Wildman–Crippen MR) is 85.4 cm³/mol. The van der Waals surface area contributed by atoms with Crippen LogP contribution in [0.4, 0.5) is 4.39 Å². The van der Waals surface area contributed by atoms with Crippen LogP contribution in [-0.2, 0) is 0 Å². The molecule has 1 N–H and O–H groups in total. The number of fused-ring (bicyclic) bond motifs is 1. The van der Waals surface area contributed by atoms with Crippen molar-refractivity contribution in [3.63, 3.8) is 0 Å². The Kier molecular flexibility index (Phi) is 4.08. The number of nitrogens with zero attached hydrogens (tertiary/aromatic N) is 2. The van der Waals surface area contributed by atoms with Gasteiger partial charge in [0, 0.05) is 22.7 Å². The van der Waals surface area contributed by atoms with E-state index in [-0.39, 0.29) is 11.7 Å². The van der Waals surface area contributed by atoms with E-state index in [1.807, 2.05) is 24.3 Å². The summed E-state index contributed by atoms with van der Waals surface area (Å²) < 4.78 is 14.3. The number of H-pyrrole nitrogens is 1. The van der Waals surface area contributed by atoms with Gasteiger partial charge < -0.3 is 4.85 Å². The number of benzene rings is 2. The van der Waals surface area contributed by atoms with Gasteiger partial charge in [0.15, 0.2) is 0 Å². The highest BCUT2D eigenvalue weighted by atomic mass is 35.5. The topological polar surface area (TPSA) is 33.0 Å². The van der Waals surface area contributed by atoms with Gasteiger partial charge in [-0.25, -0.2) is 11.0 Å². The molecule has 0 spiro atoms. The van der Waals surface area contributed by atoms with Gasteiger partial charge in [0.05, 0.1) is 11.2 Å². The van der Waals surface area contributed by atoms with Crippen molar-refractivity contribution >= 4 is 22.5 Å². The zero-order chi connectivity index (χ0) is 15.5. The van der Waals surface area contributed by atoms with Crippen molar-refractivity contribution < 1.29 is 4.39 Å². The monoisotopic (exact) mass is 313 g/mol. The maximum Gasteiger partial charge on any atom is 0.215 e. The number of nitrogens with one attached hydrogen (secondary N) is 1. The normalized spacial score (nSPS) is 12.2. The van der Waals surface area contributed by atoms with Crippen molar-refractivity contribution in [2.24, 2.45) is 0 Å². The fourth-order valence-electron chi connectivity index (χ4n) is 2.68. The Morgan fingerprint density at radius 3 is 2.86 bits per heavy atom. The number of hydrogen-bond acceptors (Lipinski definition) is 1. The molecule has 0 amide bonds. The first-order valence-electron chi connectivity index (χ1n) is 6.92. The van der Waals surface area contributed by atoms with Crippen LogP contribution < -0.4 is 0 Å². The van der Waals surface area contributed by atoms with E-state index < -0.39 is 0 Å². The van der Waals surface area contributed by atoms with Crippen LogP contribution in [-0.4, -0.2) is 16.7 Å². The summed E-state index contributed by atoms with van der Waals surface area (Å²) in [6.07, 6.45) is 0.522. The Morgan fingerprint density at radius 1 is 1.27 bits per heavy atom. The number of halogens is 2. The van der Waals surface area contributed by atoms with Gasteiger partial charge in [-0.3, -0.25) is 5.10 Å². The van der Waals surface area contributed by atoms with Crippen LogP contribution in [0, 0.1) is 12.4 Å². The van der Waals surface area contributed by atoms with Crippen LogP contribution >= 0.6 is 11.6 Å². The summed E-state index contributed by atoms with van der Waals surface area (Å²) in [5.41, 5.74) is 2.20. The number of para-hydroxylation sites is 1. The Balaban J connectivity index is 2.12. The third-order valence-corrected chi connectivity index (χ3v) is 3.94. The Bertz CT molecular complexity index is 850. The van der Waals surface area contributed by atoms with E-state index in [4.69, 9.17) is 18.2 Å². The molecule has 0 aliphatic rings. The molecular formula is C17H13ClFN3. The van der Waals surface area contributed by atoms with E-state index in [0.717, 1.165) is 16.6 Å². The number of rotatable bonds is 4. The average Bonchev–Trinajstić information content (AvgIpc) is 2.93. The van der Waals surface area contributed by atoms with E-state index in [2.05, 4.69) is 15.0 Å². The highest BCUT2D eigenvalue weighted by Gasteiger charge is 2.23. The molecule has 3 aromatic rings. The highest BCUT2D eigenvalue weighted by Crippen LogP contribution is 2.33. The summed E-state index contributed by atoms with van der Waals surface area (Å²) in [6, 6.07) is 12.3. The molecule has 0 saturated carbocycles. The third kappa shape index (κ3) is 2.68. The Labute approximate surface area is 132 Å². The van der Waals surface area contributed by atoms with E-state index in [1.54, 1.807) is 12.1 Å². The van der Waals surface area contributed by atoms with E-state index in [9.17, 15) is 4.39 Å². The summed E-state index contributed by atoms with van der Waals surface area (Å²) in [5.74, 6) is -0.611. The van der Waals surface area contributed by atoms with Crippen LogP contribution in [0.3, 0.4) is 0 Å². The lowest BCUT2D eigenvalue weighted by Crippen LogP contribution is -2.06. The Morgan fingerprint density at radius 2 is 2.09 bits per heavy atom. The van der Waals surface area contributed by atoms with Crippen molar-refractivity contribution in [3.05, 3.63) is 76.0 Å². The van der Waals surface area contributed by atoms with Crippen LogP contribution in [0.25, 0.3) is 15.7 Å². The first kappa shape index (κ1) is 14.6. The molecule has 22 heavy (non-hydrogen) atoms. The van der Waals surface area contributed by atoms with Crippen molar-refractivity contribution in [3.8, 4) is 0 Å². The van der Waals surface area contributed by atoms with Gasteiger partial charge in [-0.1, -0.05) is 35.9 Å². The number of aromatic nitrogens is 2. The summed E-state index contributed by atoms with van der Waals surface area (Å²) in [6.45, 7) is 7.34. The SMILES string of the molecule is [C-]#[N+]CCC(c1ccc(Cl)cc1F)c1[nH]nc2ccccc12.